The van der Waals surface area contributed by atoms with Crippen LogP contribution in [-0.4, -0.2) is 78.3 Å². The highest BCUT2D eigenvalue weighted by Crippen LogP contribution is 2.39. The summed E-state index contributed by atoms with van der Waals surface area (Å²) < 4.78 is 9.77. The van der Waals surface area contributed by atoms with Crippen LogP contribution in [-0.2, 0) is 51.3 Å². The molecule has 7 rings (SSSR count). The van der Waals surface area contributed by atoms with Gasteiger partial charge in [-0.2, -0.15) is 0 Å². The van der Waals surface area contributed by atoms with Gasteiger partial charge < -0.3 is 25.0 Å². The summed E-state index contributed by atoms with van der Waals surface area (Å²) in [5.41, 5.74) is 6.65. The van der Waals surface area contributed by atoms with Crippen LogP contribution in [0.5, 0.6) is 0 Å². The number of ether oxygens (including phenoxy) is 2. The minimum atomic E-state index is -0.351. The van der Waals surface area contributed by atoms with Gasteiger partial charge in [-0.25, -0.2) is 4.79 Å². The topological polar surface area (TPSA) is 134 Å². The molecule has 0 bridgehead atoms. The number of benzene rings is 3. The van der Waals surface area contributed by atoms with Gasteiger partial charge in [-0.05, 0) is 130 Å². The number of anilines is 2. The lowest BCUT2D eigenvalue weighted by atomic mass is 9.95. The Balaban J connectivity index is 0.964. The summed E-state index contributed by atoms with van der Waals surface area (Å²) in [7, 11) is 1.37. The van der Waals surface area contributed by atoms with Crippen LogP contribution in [0.2, 0.25) is 0 Å². The van der Waals surface area contributed by atoms with Crippen molar-refractivity contribution in [3.05, 3.63) is 117 Å². The van der Waals surface area contributed by atoms with Crippen LogP contribution in [0.25, 0.3) is 0 Å². The number of hydrogen-bond donors (Lipinski definition) is 2. The number of carbonyl (C=O) groups is 5. The summed E-state index contributed by atoms with van der Waals surface area (Å²) in [5, 5.41) is 6.82. The summed E-state index contributed by atoms with van der Waals surface area (Å²) in [6, 6.07) is 23.9. The zero-order valence-electron chi connectivity index (χ0n) is 34.1. The quantitative estimate of drug-likeness (QED) is 0.109. The summed E-state index contributed by atoms with van der Waals surface area (Å²) in [4.78, 5) is 69.8. The van der Waals surface area contributed by atoms with Crippen molar-refractivity contribution >= 4 is 51.7 Å². The molecule has 2 fully saturated rings. The maximum absolute atomic E-state index is 14.0. The van der Waals surface area contributed by atoms with Crippen LogP contribution in [0, 0.1) is 0 Å². The molecule has 59 heavy (non-hydrogen) atoms. The molecular formula is C47H54N4O7S. The van der Waals surface area contributed by atoms with Gasteiger partial charge >= 0.3 is 11.9 Å². The Labute approximate surface area is 350 Å². The van der Waals surface area contributed by atoms with Crippen LogP contribution in [0.15, 0.2) is 72.8 Å². The Bertz CT molecular complexity index is 2140. The maximum atomic E-state index is 14.0. The third kappa shape index (κ3) is 10.8. The van der Waals surface area contributed by atoms with Crippen molar-refractivity contribution in [1.82, 2.24) is 9.80 Å². The molecule has 310 valence electrons. The number of hydrogen-bond acceptors (Lipinski definition) is 9. The van der Waals surface area contributed by atoms with Gasteiger partial charge in [0.15, 0.2) is 0 Å². The maximum Gasteiger partial charge on any atom is 0.337 e. The van der Waals surface area contributed by atoms with Crippen molar-refractivity contribution in [3.63, 3.8) is 0 Å². The van der Waals surface area contributed by atoms with E-state index in [2.05, 4.69) is 21.6 Å². The van der Waals surface area contributed by atoms with E-state index in [9.17, 15) is 24.0 Å². The molecule has 0 atom stereocenters. The fraction of sp³-hybridized carbons (Fsp3) is 0.426. The zero-order valence-corrected chi connectivity index (χ0v) is 34.9. The number of carbonyl (C=O) groups excluding carboxylic acids is 5. The number of aryl methyl sites for hydroxylation is 3. The van der Waals surface area contributed by atoms with Gasteiger partial charge in [0.1, 0.15) is 5.00 Å². The van der Waals surface area contributed by atoms with Gasteiger partial charge in [0.05, 0.1) is 31.3 Å². The predicted octanol–water partition coefficient (Wildman–Crippen LogP) is 8.00. The van der Waals surface area contributed by atoms with E-state index in [4.69, 9.17) is 9.47 Å². The van der Waals surface area contributed by atoms with Gasteiger partial charge in [-0.15, -0.1) is 11.3 Å². The second-order valence-electron chi connectivity index (χ2n) is 15.7. The van der Waals surface area contributed by atoms with Crippen LogP contribution in [0.3, 0.4) is 0 Å². The first-order valence-electron chi connectivity index (χ1n) is 21.0. The van der Waals surface area contributed by atoms with Crippen LogP contribution < -0.4 is 10.6 Å². The van der Waals surface area contributed by atoms with Crippen molar-refractivity contribution in [1.29, 1.82) is 0 Å². The Morgan fingerprint density at radius 2 is 1.44 bits per heavy atom. The number of likely N-dealkylation sites (tertiary alicyclic amines) is 1. The van der Waals surface area contributed by atoms with E-state index >= 15 is 0 Å². The van der Waals surface area contributed by atoms with Crippen molar-refractivity contribution < 1.29 is 33.4 Å². The molecule has 3 aromatic carbocycles. The third-order valence-electron chi connectivity index (χ3n) is 11.6. The van der Waals surface area contributed by atoms with Gasteiger partial charge in [-0.3, -0.25) is 24.1 Å². The molecule has 1 saturated heterocycles. The van der Waals surface area contributed by atoms with Gasteiger partial charge in [0.2, 0.25) is 5.91 Å². The second kappa shape index (κ2) is 19.6. The first kappa shape index (κ1) is 41.8. The highest BCUT2D eigenvalue weighted by Gasteiger charge is 2.36. The molecule has 1 aliphatic heterocycles. The molecule has 2 heterocycles. The molecule has 3 amide bonds. The predicted molar refractivity (Wildman–Crippen MR) is 229 cm³/mol. The van der Waals surface area contributed by atoms with Crippen molar-refractivity contribution in [2.45, 2.75) is 103 Å². The van der Waals surface area contributed by atoms with E-state index in [1.165, 1.54) is 18.4 Å². The van der Waals surface area contributed by atoms with Crippen LogP contribution in [0.4, 0.5) is 10.7 Å². The molecule has 11 nitrogen and oxygen atoms in total. The molecule has 12 heteroatoms. The lowest BCUT2D eigenvalue weighted by Crippen LogP contribution is -2.47. The molecule has 0 unspecified atom stereocenters. The Kier molecular flexibility index (Phi) is 13.9. The van der Waals surface area contributed by atoms with Gasteiger partial charge in [0.25, 0.3) is 11.8 Å². The number of methoxy groups -OCH3 is 1. The zero-order chi connectivity index (χ0) is 41.3. The summed E-state index contributed by atoms with van der Waals surface area (Å²) in [5.74, 6) is -1.14. The monoisotopic (exact) mass is 818 g/mol. The Morgan fingerprint density at radius 1 is 0.763 bits per heavy atom. The van der Waals surface area contributed by atoms with E-state index < -0.39 is 0 Å². The fourth-order valence-corrected chi connectivity index (χ4v) is 9.55. The van der Waals surface area contributed by atoms with Crippen molar-refractivity contribution in [2.24, 2.45) is 0 Å². The number of esters is 2. The van der Waals surface area contributed by atoms with Gasteiger partial charge in [-0.1, -0.05) is 36.4 Å². The Morgan fingerprint density at radius 3 is 2.12 bits per heavy atom. The molecule has 2 aliphatic carbocycles. The van der Waals surface area contributed by atoms with E-state index in [-0.39, 0.29) is 42.5 Å². The standard InChI is InChI=1S/C47H54N4O7S/c1-3-58-42(53)24-23-41(52)50-27-25-38(26-28-50)51(37-21-22-37)30-33-7-6-8-35(29-33)44(54)49-46-43(39-9-4-5-10-40(39)59-46)45(55)48-36-19-15-32(16-20-36)12-11-31-13-17-34(18-14-31)47(56)57-2/h6-8,13-20,29,37-38H,3-5,9-12,21-28,30H2,1-2H3,(H,48,55)(H,49,54). The van der Waals surface area contributed by atoms with Gasteiger partial charge in [0, 0.05) is 54.3 Å². The molecule has 1 saturated carbocycles. The number of amides is 3. The van der Waals surface area contributed by atoms with Crippen molar-refractivity contribution in [3.8, 4) is 0 Å². The molecule has 4 aromatic rings. The second-order valence-corrected chi connectivity index (χ2v) is 16.8. The van der Waals surface area contributed by atoms with Crippen LogP contribution >= 0.6 is 11.3 Å². The summed E-state index contributed by atoms with van der Waals surface area (Å²) in [6.45, 7) is 4.14. The third-order valence-corrected chi connectivity index (χ3v) is 12.8. The minimum absolute atomic E-state index is 0.00413. The number of rotatable bonds is 16. The number of fused-ring (bicyclic) bond motifs is 1. The highest BCUT2D eigenvalue weighted by molar-refractivity contribution is 7.17. The van der Waals surface area contributed by atoms with E-state index in [1.54, 1.807) is 19.1 Å². The average Bonchev–Trinajstić information content (AvgIpc) is 4.04. The molecule has 0 spiro atoms. The summed E-state index contributed by atoms with van der Waals surface area (Å²) in [6.07, 6.45) is 9.70. The lowest BCUT2D eigenvalue weighted by molar-refractivity contribution is -0.146. The molecule has 2 N–H and O–H groups in total. The summed E-state index contributed by atoms with van der Waals surface area (Å²) >= 11 is 1.51. The fourth-order valence-electron chi connectivity index (χ4n) is 8.26. The molecule has 0 radical (unpaired) electrons. The molecule has 3 aliphatic rings. The van der Waals surface area contributed by atoms with E-state index in [1.807, 2.05) is 59.5 Å². The Hall–Kier alpha value is -5.33. The smallest absolute Gasteiger partial charge is 0.337 e. The molecular weight excluding hydrogens is 765 g/mol. The first-order valence-corrected chi connectivity index (χ1v) is 21.8. The SMILES string of the molecule is CCOC(=O)CCC(=O)N1CCC(N(Cc2cccc(C(=O)Nc3sc4c(c3C(=O)Nc3ccc(CCc5ccc(C(=O)OC)cc5)cc3)CCCC4)c2)C2CC2)CC1. The number of nitrogens with zero attached hydrogens (tertiary/aromatic N) is 2. The number of thiophene rings is 1. The van der Waals surface area contributed by atoms with Crippen LogP contribution in [0.1, 0.15) is 116 Å². The highest BCUT2D eigenvalue weighted by atomic mass is 32.1. The minimum Gasteiger partial charge on any atom is -0.466 e. The van der Waals surface area contributed by atoms with Crippen molar-refractivity contribution in [2.75, 3.05) is 37.4 Å². The molecule has 1 aromatic heterocycles. The number of nitrogens with one attached hydrogen (secondary N) is 2. The average molecular weight is 819 g/mol. The largest absolute Gasteiger partial charge is 0.466 e. The number of piperidine rings is 1. The normalized spacial score (nSPS) is 15.3. The van der Waals surface area contributed by atoms with E-state index in [0.717, 1.165) is 97.9 Å². The first-order chi connectivity index (χ1) is 28.7. The van der Waals surface area contributed by atoms with E-state index in [0.29, 0.717) is 59.2 Å². The lowest BCUT2D eigenvalue weighted by Gasteiger charge is -2.39.